The molecule has 3 aromatic rings. The third-order valence-corrected chi connectivity index (χ3v) is 6.17. The molecule has 0 unspecified atom stereocenters. The van der Waals surface area contributed by atoms with Crippen molar-refractivity contribution in [2.24, 2.45) is 5.14 Å². The van der Waals surface area contributed by atoms with E-state index in [1.54, 1.807) is 54.6 Å². The minimum Gasteiger partial charge on any atom is -0.325 e. The van der Waals surface area contributed by atoms with Crippen LogP contribution in [-0.4, -0.2) is 26.0 Å². The summed E-state index contributed by atoms with van der Waals surface area (Å²) in [4.78, 5) is 25.5. The first kappa shape index (κ1) is 23.0. The molecule has 0 heterocycles. The molecular weight excluding hydrogens is 448 g/mol. The van der Waals surface area contributed by atoms with Gasteiger partial charge in [0.1, 0.15) is 0 Å². The van der Waals surface area contributed by atoms with Gasteiger partial charge in [0.05, 0.1) is 27.8 Å². The number of thioether (sulfide) groups is 1. The quantitative estimate of drug-likeness (QED) is 0.457. The normalized spacial score (nSPS) is 10.8. The lowest BCUT2D eigenvalue weighted by atomic mass is 10.2. The van der Waals surface area contributed by atoms with Crippen molar-refractivity contribution in [3.8, 4) is 6.07 Å². The molecule has 4 N–H and O–H groups in total. The lowest BCUT2D eigenvalue weighted by molar-refractivity contribution is -0.113. The number of anilines is 2. The second kappa shape index (κ2) is 10.1. The zero-order chi connectivity index (χ0) is 23.1. The van der Waals surface area contributed by atoms with E-state index in [-0.39, 0.29) is 22.2 Å². The molecule has 32 heavy (non-hydrogen) atoms. The summed E-state index contributed by atoms with van der Waals surface area (Å²) < 4.78 is 23.0. The Hall–Kier alpha value is -3.65. The second-order valence-corrected chi connectivity index (χ2v) is 9.13. The number of hydrogen-bond acceptors (Lipinski definition) is 6. The van der Waals surface area contributed by atoms with Gasteiger partial charge in [0.25, 0.3) is 5.91 Å². The molecule has 0 saturated carbocycles. The molecule has 3 rings (SSSR count). The van der Waals surface area contributed by atoms with Crippen molar-refractivity contribution in [3.05, 3.63) is 83.9 Å². The number of nitrogens with two attached hydrogens (primary N) is 1. The van der Waals surface area contributed by atoms with Crippen LogP contribution in [0.15, 0.2) is 82.6 Å². The van der Waals surface area contributed by atoms with Gasteiger partial charge in [0, 0.05) is 16.3 Å². The van der Waals surface area contributed by atoms with Gasteiger partial charge in [-0.25, -0.2) is 13.6 Å². The summed E-state index contributed by atoms with van der Waals surface area (Å²) in [5.41, 5.74) is 1.55. The molecule has 0 atom stereocenters. The number of nitriles is 1. The highest BCUT2D eigenvalue weighted by molar-refractivity contribution is 8.00. The maximum absolute atomic E-state index is 12.8. The highest BCUT2D eigenvalue weighted by atomic mass is 32.2. The molecule has 0 aliphatic heterocycles. The predicted molar refractivity (Wildman–Crippen MR) is 123 cm³/mol. The molecule has 162 valence electrons. The lowest BCUT2D eigenvalue weighted by Gasteiger charge is -2.11. The maximum atomic E-state index is 12.8. The molecule has 0 bridgehead atoms. The number of nitrogens with zero attached hydrogens (tertiary/aromatic N) is 1. The lowest BCUT2D eigenvalue weighted by Crippen LogP contribution is -2.16. The van der Waals surface area contributed by atoms with Gasteiger partial charge in [0.2, 0.25) is 15.9 Å². The Morgan fingerprint density at radius 1 is 0.938 bits per heavy atom. The van der Waals surface area contributed by atoms with Crippen LogP contribution in [0.3, 0.4) is 0 Å². The average molecular weight is 467 g/mol. The van der Waals surface area contributed by atoms with Crippen LogP contribution in [0.25, 0.3) is 0 Å². The van der Waals surface area contributed by atoms with Crippen molar-refractivity contribution in [1.29, 1.82) is 5.26 Å². The van der Waals surface area contributed by atoms with E-state index < -0.39 is 15.9 Å². The number of hydrogen-bond donors (Lipinski definition) is 3. The van der Waals surface area contributed by atoms with Gasteiger partial charge >= 0.3 is 0 Å². The van der Waals surface area contributed by atoms with E-state index in [0.717, 1.165) is 0 Å². The number of sulfonamides is 1. The summed E-state index contributed by atoms with van der Waals surface area (Å²) >= 11 is 1.18. The predicted octanol–water partition coefficient (Wildman–Crippen LogP) is 3.19. The third-order valence-electron chi connectivity index (χ3n) is 4.19. The maximum Gasteiger partial charge on any atom is 0.256 e. The smallest absolute Gasteiger partial charge is 0.256 e. The van der Waals surface area contributed by atoms with Crippen molar-refractivity contribution in [2.45, 2.75) is 9.79 Å². The minimum absolute atomic E-state index is 0.0436. The summed E-state index contributed by atoms with van der Waals surface area (Å²) in [5, 5.41) is 19.4. The van der Waals surface area contributed by atoms with Crippen LogP contribution in [0.5, 0.6) is 0 Å². The Bertz CT molecular complexity index is 1320. The molecule has 0 spiro atoms. The van der Waals surface area contributed by atoms with Gasteiger partial charge in [-0.3, -0.25) is 9.59 Å². The Balaban J connectivity index is 1.68. The van der Waals surface area contributed by atoms with Crippen LogP contribution in [-0.2, 0) is 14.8 Å². The highest BCUT2D eigenvalue weighted by Crippen LogP contribution is 2.24. The van der Waals surface area contributed by atoms with Crippen molar-refractivity contribution in [3.63, 3.8) is 0 Å². The first-order valence-corrected chi connectivity index (χ1v) is 11.8. The largest absolute Gasteiger partial charge is 0.325 e. The van der Waals surface area contributed by atoms with E-state index in [1.165, 1.54) is 30.0 Å². The first-order chi connectivity index (χ1) is 15.3. The van der Waals surface area contributed by atoms with E-state index in [1.807, 2.05) is 6.07 Å². The van der Waals surface area contributed by atoms with Crippen LogP contribution in [0.1, 0.15) is 15.9 Å². The molecule has 0 aromatic heterocycles. The number of amides is 2. The molecule has 10 heteroatoms. The molecule has 0 aliphatic carbocycles. The molecule has 0 saturated heterocycles. The Morgan fingerprint density at radius 2 is 1.62 bits per heavy atom. The first-order valence-electron chi connectivity index (χ1n) is 9.22. The number of carbonyl (C=O) groups is 2. The van der Waals surface area contributed by atoms with Crippen LogP contribution in [0.4, 0.5) is 11.4 Å². The molecule has 2 amide bonds. The Kier molecular flexibility index (Phi) is 7.27. The van der Waals surface area contributed by atoms with Gasteiger partial charge in [-0.15, -0.1) is 11.8 Å². The highest BCUT2D eigenvalue weighted by Gasteiger charge is 2.15. The van der Waals surface area contributed by atoms with E-state index >= 15 is 0 Å². The van der Waals surface area contributed by atoms with Gasteiger partial charge in [-0.1, -0.05) is 24.3 Å². The molecule has 0 aliphatic rings. The molecule has 3 aromatic carbocycles. The monoisotopic (exact) mass is 466 g/mol. The number of benzene rings is 3. The fourth-order valence-electron chi connectivity index (χ4n) is 2.74. The second-order valence-electron chi connectivity index (χ2n) is 6.55. The zero-order valence-corrected chi connectivity index (χ0v) is 18.2. The average Bonchev–Trinajstić information content (AvgIpc) is 2.77. The van der Waals surface area contributed by atoms with E-state index in [2.05, 4.69) is 10.6 Å². The Labute approximate surface area is 189 Å². The minimum atomic E-state index is -3.90. The third kappa shape index (κ3) is 6.18. The molecule has 0 radical (unpaired) electrons. The summed E-state index contributed by atoms with van der Waals surface area (Å²) in [6, 6.07) is 20.9. The van der Waals surface area contributed by atoms with Crippen molar-refractivity contribution in [1.82, 2.24) is 0 Å². The molecule has 8 nitrogen and oxygen atoms in total. The summed E-state index contributed by atoms with van der Waals surface area (Å²) in [6.45, 7) is 0. The summed E-state index contributed by atoms with van der Waals surface area (Å²) in [5.74, 6) is -0.704. The summed E-state index contributed by atoms with van der Waals surface area (Å²) in [7, 11) is -3.90. The van der Waals surface area contributed by atoms with Crippen molar-refractivity contribution < 1.29 is 18.0 Å². The van der Waals surface area contributed by atoms with Gasteiger partial charge in [-0.05, 0) is 48.5 Å². The van der Waals surface area contributed by atoms with Crippen LogP contribution < -0.4 is 15.8 Å². The SMILES string of the molecule is N#Cc1cccc(NC(=O)CSc2ccccc2C(=O)Nc2cccc(S(N)(=O)=O)c2)c1. The van der Waals surface area contributed by atoms with Crippen LogP contribution in [0.2, 0.25) is 0 Å². The van der Waals surface area contributed by atoms with Crippen molar-refractivity contribution >= 4 is 45.0 Å². The Morgan fingerprint density at radius 3 is 2.34 bits per heavy atom. The number of carbonyl (C=O) groups excluding carboxylic acids is 2. The van der Waals surface area contributed by atoms with E-state index in [9.17, 15) is 18.0 Å². The van der Waals surface area contributed by atoms with Gasteiger partial charge < -0.3 is 10.6 Å². The number of rotatable bonds is 7. The van der Waals surface area contributed by atoms with Gasteiger partial charge in [-0.2, -0.15) is 5.26 Å². The fraction of sp³-hybridized carbons (Fsp3) is 0.0455. The van der Waals surface area contributed by atoms with Crippen LogP contribution >= 0.6 is 11.8 Å². The number of primary sulfonamides is 1. The van der Waals surface area contributed by atoms with Crippen LogP contribution in [0, 0.1) is 11.3 Å². The topological polar surface area (TPSA) is 142 Å². The number of nitrogens with one attached hydrogen (secondary N) is 2. The molecule has 0 fully saturated rings. The van der Waals surface area contributed by atoms with E-state index in [4.69, 9.17) is 10.4 Å². The van der Waals surface area contributed by atoms with Gasteiger partial charge in [0.15, 0.2) is 0 Å². The summed E-state index contributed by atoms with van der Waals surface area (Å²) in [6.07, 6.45) is 0. The molecular formula is C22H18N4O4S2. The fourth-order valence-corrected chi connectivity index (χ4v) is 4.15. The zero-order valence-electron chi connectivity index (χ0n) is 16.6. The van der Waals surface area contributed by atoms with E-state index in [0.29, 0.717) is 21.7 Å². The standard InChI is InChI=1S/C22H18N4O4S2/c23-13-15-5-3-6-16(11-15)25-21(27)14-31-20-10-2-1-9-19(20)22(28)26-17-7-4-8-18(12-17)32(24,29)30/h1-12H,14H2,(H,25,27)(H,26,28)(H2,24,29,30). The van der Waals surface area contributed by atoms with Crippen molar-refractivity contribution in [2.75, 3.05) is 16.4 Å².